The number of hydrogen-bond donors (Lipinski definition) is 0. The zero-order chi connectivity index (χ0) is 17.7. The maximum atomic E-state index is 11.7. The van der Waals surface area contributed by atoms with Gasteiger partial charge in [0, 0.05) is 16.7 Å². The van der Waals surface area contributed by atoms with Gasteiger partial charge in [0.25, 0.3) is 6.29 Å². The number of esters is 3. The van der Waals surface area contributed by atoms with Crippen molar-refractivity contribution in [3.63, 3.8) is 0 Å². The van der Waals surface area contributed by atoms with Gasteiger partial charge in [-0.05, 0) is 34.6 Å². The van der Waals surface area contributed by atoms with Gasteiger partial charge in [0.2, 0.25) is 0 Å². The first kappa shape index (κ1) is 19.6. The molecule has 0 saturated heterocycles. The van der Waals surface area contributed by atoms with Crippen molar-refractivity contribution in [2.45, 2.75) is 46.5 Å². The molecule has 0 saturated carbocycles. The van der Waals surface area contributed by atoms with Crippen LogP contribution in [0.4, 0.5) is 0 Å². The van der Waals surface area contributed by atoms with E-state index < -0.39 is 29.8 Å². The molecule has 0 rings (SSSR count). The minimum Gasteiger partial charge on any atom is -0.448 e. The average Bonchev–Trinajstić information content (AvgIpc) is 2.36. The van der Waals surface area contributed by atoms with Crippen LogP contribution in [0.3, 0.4) is 0 Å². The van der Waals surface area contributed by atoms with Crippen molar-refractivity contribution in [1.29, 1.82) is 0 Å². The Hall–Kier alpha value is -2.37. The zero-order valence-electron chi connectivity index (χ0n) is 13.6. The smallest absolute Gasteiger partial charge is 0.336 e. The molecule has 6 nitrogen and oxygen atoms in total. The van der Waals surface area contributed by atoms with Gasteiger partial charge in [-0.1, -0.05) is 19.7 Å². The molecule has 0 radical (unpaired) electrons. The van der Waals surface area contributed by atoms with Gasteiger partial charge in [-0.25, -0.2) is 14.4 Å². The molecular weight excluding hydrogens is 288 g/mol. The SMILES string of the molecule is C=C(C)C(=O)OC(OC(=O)C(=C)C)C(C)(C)OC(=O)C(=C)C. The summed E-state index contributed by atoms with van der Waals surface area (Å²) < 4.78 is 15.3. The molecule has 0 aromatic rings. The monoisotopic (exact) mass is 310 g/mol. The number of carbonyl (C=O) groups excluding carboxylic acids is 3. The van der Waals surface area contributed by atoms with Crippen LogP contribution in [0.2, 0.25) is 0 Å². The normalized spacial score (nSPS) is 10.6. The Morgan fingerprint density at radius 1 is 0.773 bits per heavy atom. The quantitative estimate of drug-likeness (QED) is 0.408. The zero-order valence-corrected chi connectivity index (χ0v) is 13.6. The number of carbonyl (C=O) groups is 3. The molecule has 0 aliphatic rings. The summed E-state index contributed by atoms with van der Waals surface area (Å²) in [4.78, 5) is 35.0. The molecular formula is C16H22O6. The van der Waals surface area contributed by atoms with Crippen LogP contribution < -0.4 is 0 Å². The van der Waals surface area contributed by atoms with Crippen LogP contribution in [-0.4, -0.2) is 29.8 Å². The summed E-state index contributed by atoms with van der Waals surface area (Å²) in [7, 11) is 0. The molecule has 0 heterocycles. The topological polar surface area (TPSA) is 78.9 Å². The molecule has 122 valence electrons. The van der Waals surface area contributed by atoms with Gasteiger partial charge in [0.05, 0.1) is 0 Å². The number of hydrogen-bond acceptors (Lipinski definition) is 6. The number of ether oxygens (including phenoxy) is 3. The maximum Gasteiger partial charge on any atom is 0.336 e. The Morgan fingerprint density at radius 3 is 1.36 bits per heavy atom. The maximum absolute atomic E-state index is 11.7. The van der Waals surface area contributed by atoms with Gasteiger partial charge in [-0.15, -0.1) is 0 Å². The van der Waals surface area contributed by atoms with E-state index in [-0.39, 0.29) is 16.7 Å². The van der Waals surface area contributed by atoms with Crippen LogP contribution >= 0.6 is 0 Å². The Balaban J connectivity index is 5.34. The predicted octanol–water partition coefficient (Wildman–Crippen LogP) is 2.45. The van der Waals surface area contributed by atoms with Crippen molar-refractivity contribution in [3.05, 3.63) is 36.5 Å². The molecule has 0 amide bonds. The molecule has 0 aromatic heterocycles. The summed E-state index contributed by atoms with van der Waals surface area (Å²) in [6.45, 7) is 17.6. The molecule has 0 aliphatic carbocycles. The second kappa shape index (κ2) is 7.59. The van der Waals surface area contributed by atoms with Crippen LogP contribution in [0.15, 0.2) is 36.5 Å². The van der Waals surface area contributed by atoms with Crippen molar-refractivity contribution in [2.75, 3.05) is 0 Å². The van der Waals surface area contributed by atoms with Crippen LogP contribution in [0.5, 0.6) is 0 Å². The molecule has 0 fully saturated rings. The second-order valence-electron chi connectivity index (χ2n) is 5.48. The first-order chi connectivity index (χ1) is 9.88. The van der Waals surface area contributed by atoms with Gasteiger partial charge in [0.1, 0.15) is 0 Å². The Labute approximate surface area is 130 Å². The Morgan fingerprint density at radius 2 is 1.09 bits per heavy atom. The summed E-state index contributed by atoms with van der Waals surface area (Å²) in [6, 6.07) is 0. The van der Waals surface area contributed by atoms with E-state index in [1.54, 1.807) is 0 Å². The predicted molar refractivity (Wildman–Crippen MR) is 80.6 cm³/mol. The highest BCUT2D eigenvalue weighted by molar-refractivity contribution is 5.89. The van der Waals surface area contributed by atoms with Gasteiger partial charge in [-0.2, -0.15) is 0 Å². The lowest BCUT2D eigenvalue weighted by Gasteiger charge is -2.32. The third-order valence-electron chi connectivity index (χ3n) is 2.40. The molecule has 0 spiro atoms. The van der Waals surface area contributed by atoms with Crippen molar-refractivity contribution in [1.82, 2.24) is 0 Å². The van der Waals surface area contributed by atoms with Gasteiger partial charge < -0.3 is 14.2 Å². The molecule has 0 atom stereocenters. The van der Waals surface area contributed by atoms with E-state index in [4.69, 9.17) is 14.2 Å². The van der Waals surface area contributed by atoms with Crippen LogP contribution in [-0.2, 0) is 28.6 Å². The largest absolute Gasteiger partial charge is 0.448 e. The lowest BCUT2D eigenvalue weighted by Crippen LogP contribution is -2.46. The van der Waals surface area contributed by atoms with Crippen molar-refractivity contribution < 1.29 is 28.6 Å². The van der Waals surface area contributed by atoms with Gasteiger partial charge >= 0.3 is 17.9 Å². The molecule has 22 heavy (non-hydrogen) atoms. The highest BCUT2D eigenvalue weighted by Gasteiger charge is 2.40. The van der Waals surface area contributed by atoms with Crippen LogP contribution in [0, 0.1) is 0 Å². The molecule has 0 N–H and O–H groups in total. The summed E-state index contributed by atoms with van der Waals surface area (Å²) in [5.41, 5.74) is -1.05. The second-order valence-corrected chi connectivity index (χ2v) is 5.48. The fourth-order valence-electron chi connectivity index (χ4n) is 1.08. The van der Waals surface area contributed by atoms with Crippen molar-refractivity contribution >= 4 is 17.9 Å². The lowest BCUT2D eigenvalue weighted by atomic mass is 10.1. The minimum atomic E-state index is -1.45. The van der Waals surface area contributed by atoms with Crippen molar-refractivity contribution in [2.24, 2.45) is 0 Å². The first-order valence-electron chi connectivity index (χ1n) is 6.50. The first-order valence-corrected chi connectivity index (χ1v) is 6.50. The van der Waals surface area contributed by atoms with Gasteiger partial charge in [-0.3, -0.25) is 0 Å². The Bertz CT molecular complexity index is 499. The molecule has 0 aliphatic heterocycles. The minimum absolute atomic E-state index is 0.110. The van der Waals surface area contributed by atoms with E-state index in [0.29, 0.717) is 0 Å². The third kappa shape index (κ3) is 5.95. The fourth-order valence-corrected chi connectivity index (χ4v) is 1.08. The summed E-state index contributed by atoms with van der Waals surface area (Å²) in [5, 5.41) is 0. The molecule has 0 bridgehead atoms. The number of rotatable bonds is 7. The Kier molecular flexibility index (Phi) is 6.77. The van der Waals surface area contributed by atoms with Gasteiger partial charge in [0.15, 0.2) is 5.60 Å². The van der Waals surface area contributed by atoms with E-state index in [2.05, 4.69) is 19.7 Å². The summed E-state index contributed by atoms with van der Waals surface area (Å²) in [5.74, 6) is -2.26. The molecule has 6 heteroatoms. The fraction of sp³-hybridized carbons (Fsp3) is 0.438. The third-order valence-corrected chi connectivity index (χ3v) is 2.40. The standard InChI is InChI=1S/C16H22O6/c1-9(2)12(17)20-15(21-13(18)10(3)4)16(7,8)22-14(19)11(5)6/h15H,1,3,5H2,2,4,6-8H3. The molecule has 0 aromatic carbocycles. The lowest BCUT2D eigenvalue weighted by molar-refractivity contribution is -0.228. The highest BCUT2D eigenvalue weighted by Crippen LogP contribution is 2.22. The van der Waals surface area contributed by atoms with E-state index in [9.17, 15) is 14.4 Å². The molecule has 0 unspecified atom stereocenters. The summed E-state index contributed by atoms with van der Waals surface area (Å²) >= 11 is 0. The van der Waals surface area contributed by atoms with Crippen LogP contribution in [0.25, 0.3) is 0 Å². The van der Waals surface area contributed by atoms with Crippen molar-refractivity contribution in [3.8, 4) is 0 Å². The van der Waals surface area contributed by atoms with E-state index in [1.807, 2.05) is 0 Å². The van der Waals surface area contributed by atoms with Crippen LogP contribution in [0.1, 0.15) is 34.6 Å². The van der Waals surface area contributed by atoms with E-state index in [1.165, 1.54) is 34.6 Å². The summed E-state index contributed by atoms with van der Waals surface area (Å²) in [6.07, 6.45) is -1.45. The highest BCUT2D eigenvalue weighted by atomic mass is 16.7. The average molecular weight is 310 g/mol. The van der Waals surface area contributed by atoms with E-state index in [0.717, 1.165) is 0 Å². The van der Waals surface area contributed by atoms with E-state index >= 15 is 0 Å².